The Morgan fingerprint density at radius 1 is 1.09 bits per heavy atom. The minimum absolute atomic E-state index is 0.0167. The summed E-state index contributed by atoms with van der Waals surface area (Å²) in [7, 11) is 1.62. The molecule has 1 aliphatic carbocycles. The van der Waals surface area contributed by atoms with Crippen molar-refractivity contribution in [3.63, 3.8) is 0 Å². The second-order valence-corrected chi connectivity index (χ2v) is 14.3. The van der Waals surface area contributed by atoms with E-state index < -0.39 is 29.1 Å². The van der Waals surface area contributed by atoms with Crippen LogP contribution in [0.4, 0.5) is 0 Å². The van der Waals surface area contributed by atoms with E-state index in [-0.39, 0.29) is 30.8 Å². The fourth-order valence-corrected chi connectivity index (χ4v) is 7.61. The minimum Gasteiger partial charge on any atom is -0.497 e. The number of carbonyl (C=O) groups excluding carboxylic acids is 3. The van der Waals surface area contributed by atoms with E-state index in [9.17, 15) is 14.4 Å². The predicted molar refractivity (Wildman–Crippen MR) is 167 cm³/mol. The van der Waals surface area contributed by atoms with Gasteiger partial charge in [-0.25, -0.2) is 9.97 Å². The Morgan fingerprint density at radius 3 is 2.57 bits per heavy atom. The molecule has 5 rings (SSSR count). The number of rotatable bonds is 3. The Bertz CT molecular complexity index is 1370. The molecule has 1 aromatic heterocycles. The van der Waals surface area contributed by atoms with E-state index in [4.69, 9.17) is 24.2 Å². The van der Waals surface area contributed by atoms with Gasteiger partial charge in [-0.1, -0.05) is 40.5 Å². The van der Waals surface area contributed by atoms with E-state index in [1.165, 1.54) is 0 Å². The van der Waals surface area contributed by atoms with Gasteiger partial charge in [0.25, 0.3) is 0 Å². The number of aromatic nitrogens is 2. The summed E-state index contributed by atoms with van der Waals surface area (Å²) in [5.74, 6) is 0.0326. The van der Waals surface area contributed by atoms with Crippen LogP contribution in [0.1, 0.15) is 98.1 Å². The Balaban J connectivity index is 1.54. The van der Waals surface area contributed by atoms with Crippen molar-refractivity contribution in [2.45, 2.75) is 117 Å². The number of hydrogen-bond donors (Lipinski definition) is 0. The molecule has 9 heteroatoms. The fraction of sp³-hybridized carbons (Fsp3) is 0.686. The van der Waals surface area contributed by atoms with Gasteiger partial charge in [0.2, 0.25) is 11.8 Å². The van der Waals surface area contributed by atoms with E-state index in [2.05, 4.69) is 6.92 Å². The first-order valence-corrected chi connectivity index (χ1v) is 16.5. The topological polar surface area (TPSA) is 108 Å². The maximum atomic E-state index is 14.3. The molecule has 1 aromatic carbocycles. The summed E-state index contributed by atoms with van der Waals surface area (Å²) in [5, 5.41) is 0. The van der Waals surface area contributed by atoms with Crippen molar-refractivity contribution >= 4 is 29.2 Å². The highest BCUT2D eigenvalue weighted by molar-refractivity contribution is 5.87. The zero-order chi connectivity index (χ0) is 31.6. The van der Waals surface area contributed by atoms with Crippen molar-refractivity contribution in [1.29, 1.82) is 0 Å². The molecule has 1 amide bonds. The number of aldehydes is 1. The quantitative estimate of drug-likeness (QED) is 0.305. The summed E-state index contributed by atoms with van der Waals surface area (Å²) in [6.07, 6.45) is 8.63. The van der Waals surface area contributed by atoms with Gasteiger partial charge in [-0.15, -0.1) is 0 Å². The number of hydrogen-bond acceptors (Lipinski definition) is 8. The van der Waals surface area contributed by atoms with Crippen molar-refractivity contribution in [3.8, 4) is 11.6 Å². The molecule has 240 valence electrons. The molecule has 6 atom stereocenters. The number of benzene rings is 1. The molecule has 0 spiro atoms. The van der Waals surface area contributed by atoms with Crippen LogP contribution in [-0.4, -0.2) is 64.4 Å². The molecule has 9 nitrogen and oxygen atoms in total. The van der Waals surface area contributed by atoms with Gasteiger partial charge >= 0.3 is 5.97 Å². The van der Waals surface area contributed by atoms with Crippen LogP contribution in [0.25, 0.3) is 11.0 Å². The lowest BCUT2D eigenvalue weighted by molar-refractivity contribution is -0.167. The van der Waals surface area contributed by atoms with Crippen molar-refractivity contribution in [2.24, 2.45) is 23.2 Å². The molecule has 0 unspecified atom stereocenters. The van der Waals surface area contributed by atoms with Crippen LogP contribution in [0.2, 0.25) is 0 Å². The van der Waals surface area contributed by atoms with E-state index >= 15 is 0 Å². The first kappa shape index (κ1) is 32.2. The van der Waals surface area contributed by atoms with Crippen LogP contribution in [0.3, 0.4) is 0 Å². The molecule has 0 N–H and O–H groups in total. The van der Waals surface area contributed by atoms with Gasteiger partial charge in [0.15, 0.2) is 0 Å². The Hall–Kier alpha value is -3.23. The lowest BCUT2D eigenvalue weighted by Crippen LogP contribution is -2.47. The van der Waals surface area contributed by atoms with Crippen molar-refractivity contribution in [3.05, 3.63) is 23.9 Å². The minimum atomic E-state index is -0.658. The number of nitrogens with zero attached hydrogens (tertiary/aromatic N) is 3. The van der Waals surface area contributed by atoms with Gasteiger partial charge in [0, 0.05) is 12.0 Å². The third-order valence-corrected chi connectivity index (χ3v) is 10.3. The van der Waals surface area contributed by atoms with Crippen LogP contribution in [-0.2, 0) is 25.5 Å². The molecule has 44 heavy (non-hydrogen) atoms. The molecular formula is C35H49N3O6. The Morgan fingerprint density at radius 2 is 1.86 bits per heavy atom. The summed E-state index contributed by atoms with van der Waals surface area (Å²) in [6.45, 7) is 10.2. The average Bonchev–Trinajstić information content (AvgIpc) is 3.52. The van der Waals surface area contributed by atoms with Crippen LogP contribution in [0.15, 0.2) is 18.2 Å². The number of amides is 1. The monoisotopic (exact) mass is 607 g/mol. The van der Waals surface area contributed by atoms with Crippen LogP contribution >= 0.6 is 0 Å². The van der Waals surface area contributed by atoms with Gasteiger partial charge in [-0.3, -0.25) is 9.59 Å². The first-order valence-electron chi connectivity index (χ1n) is 16.5. The summed E-state index contributed by atoms with van der Waals surface area (Å²) >= 11 is 0. The maximum absolute atomic E-state index is 14.3. The SMILES string of the molecule is CC[C@@H]1[C@@H]2CN(C(=O)[C@H](C(C)(C)C)CC(=O)O[C@]3(C)CCC[C@H]3CCCCCc3nc4ccc(OC)cc4nc3O2)[C@@H]1C=O. The molecule has 3 heterocycles. The Kier molecular flexibility index (Phi) is 9.52. The molecule has 1 saturated carbocycles. The van der Waals surface area contributed by atoms with Crippen LogP contribution < -0.4 is 9.47 Å². The first-order chi connectivity index (χ1) is 21.0. The second kappa shape index (κ2) is 13.0. The number of aryl methyl sites for hydroxylation is 1. The molecule has 1 saturated heterocycles. The summed E-state index contributed by atoms with van der Waals surface area (Å²) in [6, 6.07) is 4.98. The summed E-state index contributed by atoms with van der Waals surface area (Å²) in [5.41, 5.74) is 1.20. The molecular weight excluding hydrogens is 558 g/mol. The van der Waals surface area contributed by atoms with Crippen molar-refractivity contribution in [1.82, 2.24) is 14.9 Å². The highest BCUT2D eigenvalue weighted by atomic mass is 16.6. The number of ether oxygens (including phenoxy) is 3. The number of fused-ring (bicyclic) bond motifs is 5. The lowest BCUT2D eigenvalue weighted by atomic mass is 9.77. The highest BCUT2D eigenvalue weighted by Gasteiger charge is 2.49. The van der Waals surface area contributed by atoms with Gasteiger partial charge in [-0.05, 0) is 75.3 Å². The molecule has 2 bridgehead atoms. The largest absolute Gasteiger partial charge is 0.497 e. The molecule has 2 aliphatic heterocycles. The second-order valence-electron chi connectivity index (χ2n) is 14.3. The number of esters is 1. The van der Waals surface area contributed by atoms with E-state index in [0.29, 0.717) is 35.9 Å². The molecule has 2 fully saturated rings. The lowest BCUT2D eigenvalue weighted by Gasteiger charge is -2.36. The third kappa shape index (κ3) is 6.57. The maximum Gasteiger partial charge on any atom is 0.307 e. The van der Waals surface area contributed by atoms with Gasteiger partial charge in [0.1, 0.15) is 29.4 Å². The zero-order valence-electron chi connectivity index (χ0n) is 27.3. The number of carbonyl (C=O) groups is 3. The fourth-order valence-electron chi connectivity index (χ4n) is 7.61. The molecule has 2 aromatic rings. The highest BCUT2D eigenvalue weighted by Crippen LogP contribution is 2.43. The third-order valence-electron chi connectivity index (χ3n) is 10.3. The van der Waals surface area contributed by atoms with Crippen molar-refractivity contribution in [2.75, 3.05) is 13.7 Å². The van der Waals surface area contributed by atoms with E-state index in [0.717, 1.165) is 62.4 Å². The Labute approximate surface area is 261 Å². The average molecular weight is 608 g/mol. The van der Waals surface area contributed by atoms with E-state index in [1.54, 1.807) is 12.0 Å². The summed E-state index contributed by atoms with van der Waals surface area (Å²) in [4.78, 5) is 51.9. The van der Waals surface area contributed by atoms with Gasteiger partial charge in [0.05, 0.1) is 43.1 Å². The zero-order valence-corrected chi connectivity index (χ0v) is 27.3. The number of methoxy groups -OCH3 is 1. The van der Waals surface area contributed by atoms with Crippen LogP contribution in [0.5, 0.6) is 11.6 Å². The normalized spacial score (nSPS) is 30.5. The standard InChI is InChI=1S/C35H49N3O6/c1-7-24-29(21-39)38-20-30(24)43-32-27(36-26-16-15-23(42-6)18-28(26)37-32)14-10-8-9-12-22-13-11-17-35(22,5)44-31(40)19-25(33(38)41)34(2,3)4/h15-16,18,21-22,24-25,29-30H,7-14,17,19-20H2,1-6H3/t22-,24+,25-,29-,30+,35-/m1/s1. The van der Waals surface area contributed by atoms with Crippen LogP contribution in [0, 0.1) is 23.2 Å². The smallest absolute Gasteiger partial charge is 0.307 e. The van der Waals surface area contributed by atoms with E-state index in [1.807, 2.05) is 45.9 Å². The predicted octanol–water partition coefficient (Wildman–Crippen LogP) is 6.09. The summed E-state index contributed by atoms with van der Waals surface area (Å²) < 4.78 is 18.3. The van der Waals surface area contributed by atoms with Gasteiger partial charge in [-0.2, -0.15) is 0 Å². The van der Waals surface area contributed by atoms with Gasteiger partial charge < -0.3 is 23.9 Å². The van der Waals surface area contributed by atoms with Crippen molar-refractivity contribution < 1.29 is 28.6 Å². The molecule has 3 aliphatic rings. The molecule has 0 radical (unpaired) electrons.